The van der Waals surface area contributed by atoms with Crippen LogP contribution in [0.4, 0.5) is 5.69 Å². The number of nitrogens with two attached hydrogens (primary N) is 1. The standard InChI is InChI=1S/C12H19N3O/c1-14(2)8-9-15(3)11-6-4-10(5-7-11)12(13)16/h4-7H,8-9H2,1-3H3,(H2,13,16). The molecule has 0 fully saturated rings. The molecule has 1 rings (SSSR count). The van der Waals surface area contributed by atoms with E-state index in [1.165, 1.54) is 0 Å². The maximum absolute atomic E-state index is 10.9. The second-order valence-electron chi connectivity index (χ2n) is 4.14. The number of rotatable bonds is 5. The zero-order chi connectivity index (χ0) is 12.1. The third kappa shape index (κ3) is 3.55. The van der Waals surface area contributed by atoms with E-state index in [-0.39, 0.29) is 5.91 Å². The van der Waals surface area contributed by atoms with Crippen LogP contribution in [0.1, 0.15) is 10.4 Å². The molecule has 0 spiro atoms. The number of likely N-dealkylation sites (N-methyl/N-ethyl adjacent to an activating group) is 2. The molecule has 0 radical (unpaired) electrons. The molecule has 4 heteroatoms. The predicted molar refractivity (Wildman–Crippen MR) is 66.8 cm³/mol. The lowest BCUT2D eigenvalue weighted by atomic mass is 10.2. The first-order valence-electron chi connectivity index (χ1n) is 5.26. The van der Waals surface area contributed by atoms with Crippen molar-refractivity contribution in [2.24, 2.45) is 5.73 Å². The number of carbonyl (C=O) groups is 1. The molecule has 2 N–H and O–H groups in total. The Morgan fingerprint density at radius 3 is 2.12 bits per heavy atom. The van der Waals surface area contributed by atoms with Gasteiger partial charge in [0.05, 0.1) is 0 Å². The van der Waals surface area contributed by atoms with E-state index >= 15 is 0 Å². The van der Waals surface area contributed by atoms with Gasteiger partial charge in [-0.1, -0.05) is 0 Å². The van der Waals surface area contributed by atoms with Gasteiger partial charge in [-0.25, -0.2) is 0 Å². The third-order valence-corrected chi connectivity index (χ3v) is 2.48. The van der Waals surface area contributed by atoms with Gasteiger partial charge >= 0.3 is 0 Å². The number of amides is 1. The molecular formula is C12H19N3O. The zero-order valence-corrected chi connectivity index (χ0v) is 10.1. The molecule has 88 valence electrons. The number of primary amides is 1. The predicted octanol–water partition coefficient (Wildman–Crippen LogP) is 0.783. The molecule has 0 heterocycles. The maximum atomic E-state index is 10.9. The molecule has 0 aliphatic carbocycles. The van der Waals surface area contributed by atoms with Gasteiger partial charge in [-0.2, -0.15) is 0 Å². The largest absolute Gasteiger partial charge is 0.373 e. The monoisotopic (exact) mass is 221 g/mol. The van der Waals surface area contributed by atoms with E-state index in [0.29, 0.717) is 5.56 Å². The van der Waals surface area contributed by atoms with Gasteiger partial charge in [0.1, 0.15) is 0 Å². The lowest BCUT2D eigenvalue weighted by Gasteiger charge is -2.21. The summed E-state index contributed by atoms with van der Waals surface area (Å²) in [7, 11) is 6.12. The van der Waals surface area contributed by atoms with E-state index in [1.54, 1.807) is 12.1 Å². The minimum atomic E-state index is -0.387. The molecule has 0 saturated heterocycles. The zero-order valence-electron chi connectivity index (χ0n) is 10.1. The Bertz CT molecular complexity index is 346. The molecule has 0 atom stereocenters. The van der Waals surface area contributed by atoms with Crippen molar-refractivity contribution in [2.75, 3.05) is 39.1 Å². The van der Waals surface area contributed by atoms with E-state index < -0.39 is 0 Å². The first-order chi connectivity index (χ1) is 7.50. The van der Waals surface area contributed by atoms with Crippen LogP contribution in [-0.4, -0.2) is 45.0 Å². The number of benzene rings is 1. The van der Waals surface area contributed by atoms with E-state index in [4.69, 9.17) is 5.73 Å². The molecule has 0 aromatic heterocycles. The van der Waals surface area contributed by atoms with Crippen molar-refractivity contribution in [3.63, 3.8) is 0 Å². The molecule has 1 aromatic rings. The van der Waals surface area contributed by atoms with Crippen molar-refractivity contribution in [3.05, 3.63) is 29.8 Å². The minimum absolute atomic E-state index is 0.387. The fourth-order valence-corrected chi connectivity index (χ4v) is 1.36. The van der Waals surface area contributed by atoms with E-state index in [1.807, 2.05) is 33.3 Å². The summed E-state index contributed by atoms with van der Waals surface area (Å²) in [6.07, 6.45) is 0. The van der Waals surface area contributed by atoms with Crippen molar-refractivity contribution >= 4 is 11.6 Å². The molecule has 1 aromatic carbocycles. The number of anilines is 1. The SMILES string of the molecule is CN(C)CCN(C)c1ccc(C(N)=O)cc1. The Labute approximate surface area is 96.6 Å². The summed E-state index contributed by atoms with van der Waals surface area (Å²) in [4.78, 5) is 15.2. The topological polar surface area (TPSA) is 49.6 Å². The first-order valence-corrected chi connectivity index (χ1v) is 5.26. The Hall–Kier alpha value is -1.55. The summed E-state index contributed by atoms with van der Waals surface area (Å²) in [6, 6.07) is 7.33. The molecule has 0 aliphatic rings. The van der Waals surface area contributed by atoms with E-state index in [2.05, 4.69) is 9.80 Å². The van der Waals surface area contributed by atoms with Gasteiger partial charge in [-0.3, -0.25) is 4.79 Å². The fraction of sp³-hybridized carbons (Fsp3) is 0.417. The molecule has 16 heavy (non-hydrogen) atoms. The summed E-state index contributed by atoms with van der Waals surface area (Å²) in [5, 5.41) is 0. The highest BCUT2D eigenvalue weighted by molar-refractivity contribution is 5.93. The van der Waals surface area contributed by atoms with Gasteiger partial charge in [-0.05, 0) is 38.4 Å². The fourth-order valence-electron chi connectivity index (χ4n) is 1.36. The van der Waals surface area contributed by atoms with Crippen molar-refractivity contribution in [2.45, 2.75) is 0 Å². The summed E-state index contributed by atoms with van der Waals surface area (Å²) in [6.45, 7) is 1.94. The molecular weight excluding hydrogens is 202 g/mol. The Balaban J connectivity index is 2.63. The van der Waals surface area contributed by atoms with Crippen LogP contribution in [0.5, 0.6) is 0 Å². The molecule has 1 amide bonds. The van der Waals surface area contributed by atoms with Crippen LogP contribution in [0, 0.1) is 0 Å². The number of carbonyl (C=O) groups excluding carboxylic acids is 1. The third-order valence-electron chi connectivity index (χ3n) is 2.48. The Morgan fingerprint density at radius 2 is 1.69 bits per heavy atom. The number of nitrogens with zero attached hydrogens (tertiary/aromatic N) is 2. The number of hydrogen-bond donors (Lipinski definition) is 1. The second kappa shape index (κ2) is 5.51. The van der Waals surface area contributed by atoms with Gasteiger partial charge in [0, 0.05) is 31.4 Å². The highest BCUT2D eigenvalue weighted by Gasteiger charge is 2.03. The molecule has 4 nitrogen and oxygen atoms in total. The normalized spacial score (nSPS) is 10.5. The van der Waals surface area contributed by atoms with Crippen LogP contribution in [0.25, 0.3) is 0 Å². The van der Waals surface area contributed by atoms with Gasteiger partial charge in [0.15, 0.2) is 0 Å². The quantitative estimate of drug-likeness (QED) is 0.799. The average molecular weight is 221 g/mol. The van der Waals surface area contributed by atoms with Crippen LogP contribution in [-0.2, 0) is 0 Å². The van der Waals surface area contributed by atoms with Crippen LogP contribution in [0.3, 0.4) is 0 Å². The maximum Gasteiger partial charge on any atom is 0.248 e. The van der Waals surface area contributed by atoms with E-state index in [0.717, 1.165) is 18.8 Å². The van der Waals surface area contributed by atoms with Crippen LogP contribution < -0.4 is 10.6 Å². The van der Waals surface area contributed by atoms with Crippen molar-refractivity contribution in [3.8, 4) is 0 Å². The van der Waals surface area contributed by atoms with Gasteiger partial charge in [0.2, 0.25) is 5.91 Å². The van der Waals surface area contributed by atoms with Crippen LogP contribution >= 0.6 is 0 Å². The minimum Gasteiger partial charge on any atom is -0.373 e. The Kier molecular flexibility index (Phi) is 4.31. The molecule has 0 saturated carbocycles. The highest BCUT2D eigenvalue weighted by Crippen LogP contribution is 2.13. The summed E-state index contributed by atoms with van der Waals surface area (Å²) in [5.41, 5.74) is 6.81. The lowest BCUT2D eigenvalue weighted by Crippen LogP contribution is -2.28. The smallest absolute Gasteiger partial charge is 0.248 e. The first kappa shape index (κ1) is 12.5. The van der Waals surface area contributed by atoms with E-state index in [9.17, 15) is 4.79 Å². The van der Waals surface area contributed by atoms with Crippen molar-refractivity contribution < 1.29 is 4.79 Å². The van der Waals surface area contributed by atoms with Gasteiger partial charge in [-0.15, -0.1) is 0 Å². The lowest BCUT2D eigenvalue weighted by molar-refractivity contribution is 0.100. The molecule has 0 unspecified atom stereocenters. The van der Waals surface area contributed by atoms with Gasteiger partial charge < -0.3 is 15.5 Å². The molecule has 0 aliphatic heterocycles. The number of hydrogen-bond acceptors (Lipinski definition) is 3. The average Bonchev–Trinajstić information content (AvgIpc) is 2.26. The summed E-state index contributed by atoms with van der Waals surface area (Å²) in [5.74, 6) is -0.387. The summed E-state index contributed by atoms with van der Waals surface area (Å²) < 4.78 is 0. The van der Waals surface area contributed by atoms with Gasteiger partial charge in [0.25, 0.3) is 0 Å². The Morgan fingerprint density at radius 1 is 1.12 bits per heavy atom. The highest BCUT2D eigenvalue weighted by atomic mass is 16.1. The summed E-state index contributed by atoms with van der Waals surface area (Å²) >= 11 is 0. The molecule has 0 bridgehead atoms. The van der Waals surface area contributed by atoms with Crippen molar-refractivity contribution in [1.82, 2.24) is 4.90 Å². The second-order valence-corrected chi connectivity index (χ2v) is 4.14. The van der Waals surface area contributed by atoms with Crippen molar-refractivity contribution in [1.29, 1.82) is 0 Å². The van der Waals surface area contributed by atoms with Crippen LogP contribution in [0.2, 0.25) is 0 Å². The van der Waals surface area contributed by atoms with Crippen LogP contribution in [0.15, 0.2) is 24.3 Å².